The molecular formula is C37H61N3O3SSi2. The van der Waals surface area contributed by atoms with Crippen LogP contribution in [0.2, 0.25) is 34.8 Å². The molecule has 256 valence electrons. The van der Waals surface area contributed by atoms with Crippen molar-refractivity contribution in [2.45, 2.75) is 154 Å². The normalized spacial score (nSPS) is 21.3. The first-order chi connectivity index (χ1) is 21.5. The van der Waals surface area contributed by atoms with E-state index in [2.05, 4.69) is 108 Å². The zero-order chi connectivity index (χ0) is 33.9. The minimum absolute atomic E-state index is 0.00794. The molecule has 9 heteroatoms. The number of nitrogens with zero attached hydrogens (tertiary/aromatic N) is 2. The van der Waals surface area contributed by atoms with Gasteiger partial charge in [-0.25, -0.2) is 9.97 Å². The molecule has 6 nitrogen and oxygen atoms in total. The number of ketones is 1. The number of aromatic nitrogens is 2. The lowest BCUT2D eigenvalue weighted by atomic mass is 9.95. The molecule has 1 N–H and O–H groups in total. The van der Waals surface area contributed by atoms with Gasteiger partial charge in [-0.2, -0.15) is 0 Å². The maximum absolute atomic E-state index is 13.8. The minimum atomic E-state index is -2.11. The minimum Gasteiger partial charge on any atom is -0.416 e. The summed E-state index contributed by atoms with van der Waals surface area (Å²) in [4.78, 5) is 23.5. The fourth-order valence-corrected chi connectivity index (χ4v) is 15.1. The van der Waals surface area contributed by atoms with Crippen molar-refractivity contribution in [3.05, 3.63) is 51.6 Å². The SMILES string of the molecule is CC(C)[Si](O[C@H]1C[C@H](Nc2ncncc2C(=O)c2cc(CC3=CCCCC3)cs2)C[C@@H]1CO[Si](C)(C)C(C)(C)C)(C(C)C)C(C)C. The summed E-state index contributed by atoms with van der Waals surface area (Å²) >= 11 is 1.53. The molecule has 2 aliphatic carbocycles. The maximum atomic E-state index is 13.8. The number of rotatable bonds is 14. The average Bonchev–Trinajstić information content (AvgIpc) is 3.60. The summed E-state index contributed by atoms with van der Waals surface area (Å²) in [7, 11) is -4.04. The molecule has 1 fully saturated rings. The number of carbonyl (C=O) groups is 1. The van der Waals surface area contributed by atoms with Crippen molar-refractivity contribution >= 4 is 39.6 Å². The number of hydrogen-bond donors (Lipinski definition) is 1. The van der Waals surface area contributed by atoms with Gasteiger partial charge in [-0.1, -0.05) is 74.0 Å². The molecule has 46 heavy (non-hydrogen) atoms. The molecule has 2 aromatic rings. The monoisotopic (exact) mass is 683 g/mol. The molecular weight excluding hydrogens is 623 g/mol. The zero-order valence-electron chi connectivity index (χ0n) is 30.5. The fourth-order valence-electron chi connectivity index (χ4n) is 7.58. The van der Waals surface area contributed by atoms with E-state index in [1.807, 2.05) is 0 Å². The highest BCUT2D eigenvalue weighted by Crippen LogP contribution is 2.47. The van der Waals surface area contributed by atoms with Gasteiger partial charge in [0.15, 0.2) is 8.32 Å². The molecule has 0 saturated heterocycles. The summed E-state index contributed by atoms with van der Waals surface area (Å²) in [5, 5.41) is 6.00. The average molecular weight is 684 g/mol. The van der Waals surface area contributed by atoms with Crippen LogP contribution in [0.25, 0.3) is 0 Å². The number of hydrogen-bond acceptors (Lipinski definition) is 7. The lowest BCUT2D eigenvalue weighted by molar-refractivity contribution is 0.0971. The van der Waals surface area contributed by atoms with E-state index >= 15 is 0 Å². The van der Waals surface area contributed by atoms with Gasteiger partial charge >= 0.3 is 0 Å². The molecule has 2 heterocycles. The fraction of sp³-hybridized carbons (Fsp3) is 0.703. The van der Waals surface area contributed by atoms with Gasteiger partial charge in [0.05, 0.1) is 16.5 Å². The summed E-state index contributed by atoms with van der Waals surface area (Å²) in [6.07, 6.45) is 13.4. The summed E-state index contributed by atoms with van der Waals surface area (Å²) in [6, 6.07) is 2.20. The second kappa shape index (κ2) is 15.3. The van der Waals surface area contributed by atoms with Crippen molar-refractivity contribution in [3.63, 3.8) is 0 Å². The lowest BCUT2D eigenvalue weighted by Crippen LogP contribution is -2.51. The van der Waals surface area contributed by atoms with Crippen molar-refractivity contribution in [1.82, 2.24) is 9.97 Å². The van der Waals surface area contributed by atoms with Crippen LogP contribution in [0.3, 0.4) is 0 Å². The van der Waals surface area contributed by atoms with E-state index in [9.17, 15) is 4.79 Å². The molecule has 0 unspecified atom stereocenters. The molecule has 0 aromatic carbocycles. The van der Waals surface area contributed by atoms with Crippen LogP contribution in [0.1, 0.15) is 122 Å². The van der Waals surface area contributed by atoms with E-state index in [1.54, 1.807) is 12.5 Å². The van der Waals surface area contributed by atoms with Gasteiger partial charge in [0, 0.05) is 24.8 Å². The first kappa shape index (κ1) is 37.2. The van der Waals surface area contributed by atoms with E-state index in [4.69, 9.17) is 8.85 Å². The third-order valence-electron chi connectivity index (χ3n) is 11.1. The van der Waals surface area contributed by atoms with E-state index in [0.29, 0.717) is 34.6 Å². The van der Waals surface area contributed by atoms with Gasteiger partial charge in [0.1, 0.15) is 12.1 Å². The Labute approximate surface area is 285 Å². The van der Waals surface area contributed by atoms with E-state index in [-0.39, 0.29) is 28.9 Å². The molecule has 0 radical (unpaired) electrons. The summed E-state index contributed by atoms with van der Waals surface area (Å²) in [5.74, 6) is 0.899. The van der Waals surface area contributed by atoms with Gasteiger partial charge in [0.2, 0.25) is 14.1 Å². The third kappa shape index (κ3) is 8.49. The topological polar surface area (TPSA) is 73.3 Å². The number of anilines is 1. The molecule has 0 bridgehead atoms. The highest BCUT2D eigenvalue weighted by atomic mass is 32.1. The van der Waals surface area contributed by atoms with Crippen LogP contribution in [0.5, 0.6) is 0 Å². The van der Waals surface area contributed by atoms with Gasteiger partial charge in [0.25, 0.3) is 0 Å². The lowest BCUT2D eigenvalue weighted by Gasteiger charge is -2.45. The van der Waals surface area contributed by atoms with Crippen molar-refractivity contribution in [1.29, 1.82) is 0 Å². The summed E-state index contributed by atoms with van der Waals surface area (Å²) < 4.78 is 14.3. The Hall–Kier alpha value is -1.66. The first-order valence-electron chi connectivity index (χ1n) is 17.7. The molecule has 0 spiro atoms. The first-order valence-corrected chi connectivity index (χ1v) is 23.7. The number of allylic oxidation sites excluding steroid dienone is 2. The highest BCUT2D eigenvalue weighted by molar-refractivity contribution is 7.12. The molecule has 3 atom stereocenters. The largest absolute Gasteiger partial charge is 0.416 e. The molecule has 0 aliphatic heterocycles. The predicted octanol–water partition coefficient (Wildman–Crippen LogP) is 10.6. The predicted molar refractivity (Wildman–Crippen MR) is 199 cm³/mol. The third-order valence-corrected chi connectivity index (χ3v) is 22.8. The molecule has 1 saturated carbocycles. The Morgan fingerprint density at radius 2 is 1.76 bits per heavy atom. The Balaban J connectivity index is 1.55. The van der Waals surface area contributed by atoms with Gasteiger partial charge in [-0.3, -0.25) is 4.79 Å². The number of nitrogens with one attached hydrogen (secondary N) is 1. The highest BCUT2D eigenvalue weighted by Gasteiger charge is 2.50. The molecule has 2 aromatic heterocycles. The van der Waals surface area contributed by atoms with Crippen LogP contribution in [0.15, 0.2) is 35.6 Å². The van der Waals surface area contributed by atoms with Crippen molar-refractivity contribution < 1.29 is 13.6 Å². The Morgan fingerprint density at radius 1 is 1.07 bits per heavy atom. The van der Waals surface area contributed by atoms with Crippen LogP contribution >= 0.6 is 11.3 Å². The standard InChI is InChI=1S/C37H61N3O3SSi2/c1-25(2)46(26(3)4,27(5)6)43-33-20-31(19-30(33)22-42-45(10,11)37(7,8)9)40-36-32(21-38-24-39-36)35(41)34-18-29(23-44-34)17-28-15-13-12-14-16-28/h15,18,21,23-27,30-31,33H,12-14,16-17,19-20,22H2,1-11H3,(H,38,39,40)/t30-,31-,33+/m1/s1. The van der Waals surface area contributed by atoms with E-state index < -0.39 is 16.6 Å². The van der Waals surface area contributed by atoms with E-state index in [1.165, 1.54) is 48.2 Å². The van der Waals surface area contributed by atoms with Gasteiger partial charge in [-0.05, 0) is 96.7 Å². The second-order valence-corrected chi connectivity index (χ2v) is 27.5. The van der Waals surface area contributed by atoms with Crippen molar-refractivity contribution in [3.8, 4) is 0 Å². The van der Waals surface area contributed by atoms with Gasteiger partial charge < -0.3 is 14.2 Å². The zero-order valence-corrected chi connectivity index (χ0v) is 33.4. The second-order valence-electron chi connectivity index (χ2n) is 16.3. The summed E-state index contributed by atoms with van der Waals surface area (Å²) in [6.45, 7) is 26.5. The maximum Gasteiger partial charge on any atom is 0.208 e. The number of carbonyl (C=O) groups excluding carboxylic acids is 1. The summed E-state index contributed by atoms with van der Waals surface area (Å²) in [5.41, 5.74) is 4.80. The van der Waals surface area contributed by atoms with Crippen LogP contribution in [0.4, 0.5) is 5.82 Å². The smallest absolute Gasteiger partial charge is 0.208 e. The Bertz CT molecular complexity index is 1330. The van der Waals surface area contributed by atoms with Crippen LogP contribution in [0, 0.1) is 5.92 Å². The quantitative estimate of drug-likeness (QED) is 0.121. The van der Waals surface area contributed by atoms with E-state index in [0.717, 1.165) is 24.1 Å². The van der Waals surface area contributed by atoms with Crippen molar-refractivity contribution in [2.24, 2.45) is 5.92 Å². The molecule has 0 amide bonds. The Morgan fingerprint density at radius 3 is 2.37 bits per heavy atom. The molecule has 4 rings (SSSR count). The van der Waals surface area contributed by atoms with Crippen molar-refractivity contribution in [2.75, 3.05) is 11.9 Å². The number of thiophene rings is 1. The molecule has 2 aliphatic rings. The Kier molecular flexibility index (Phi) is 12.3. The van der Waals surface area contributed by atoms with Gasteiger partial charge in [-0.15, -0.1) is 11.3 Å². The van der Waals surface area contributed by atoms with Crippen LogP contribution in [-0.4, -0.2) is 51.1 Å². The van der Waals surface area contributed by atoms with Crippen LogP contribution < -0.4 is 5.32 Å². The van der Waals surface area contributed by atoms with Crippen LogP contribution in [-0.2, 0) is 15.3 Å².